The Morgan fingerprint density at radius 2 is 2.20 bits per heavy atom. The summed E-state index contributed by atoms with van der Waals surface area (Å²) in [5.41, 5.74) is 0. The van der Waals surface area contributed by atoms with Crippen molar-refractivity contribution in [1.82, 2.24) is 0 Å². The molecular weight excluding hydrogens is 128 g/mol. The highest BCUT2D eigenvalue weighted by molar-refractivity contribution is 5.69. The zero-order valence-electron chi connectivity index (χ0n) is 6.89. The monoisotopic (exact) mass is 143 g/mol. The number of rotatable bonds is 4. The van der Waals surface area contributed by atoms with Crippen LogP contribution in [0.3, 0.4) is 0 Å². The van der Waals surface area contributed by atoms with E-state index in [1.165, 1.54) is 0 Å². The van der Waals surface area contributed by atoms with Gasteiger partial charge in [-0.3, -0.25) is 4.79 Å². The summed E-state index contributed by atoms with van der Waals surface area (Å²) in [6.07, 6.45) is 1.29. The maximum Gasteiger partial charge on any atom is 0.305 e. The van der Waals surface area contributed by atoms with Crippen LogP contribution >= 0.6 is 0 Å². The second-order valence-corrected chi connectivity index (χ2v) is 2.64. The number of carbonyl (C=O) groups is 1. The number of esters is 1. The molecule has 0 spiro atoms. The summed E-state index contributed by atoms with van der Waals surface area (Å²) in [7, 11) is 0. The maximum absolute atomic E-state index is 10.5. The van der Waals surface area contributed by atoms with Gasteiger partial charge in [0, 0.05) is 6.42 Å². The molecule has 0 saturated heterocycles. The van der Waals surface area contributed by atoms with E-state index >= 15 is 0 Å². The van der Waals surface area contributed by atoms with Gasteiger partial charge in [-0.05, 0) is 12.3 Å². The Bertz CT molecular complexity index is 97.4. The fraction of sp³-hybridized carbons (Fsp3) is 0.750. The molecule has 0 aliphatic carbocycles. The van der Waals surface area contributed by atoms with Gasteiger partial charge < -0.3 is 4.74 Å². The Morgan fingerprint density at radius 3 is 2.60 bits per heavy atom. The standard InChI is InChI=1S/C8H15O2/c1-4-8(9)10-6-5-7(2)3/h6-7H,4-5H2,1-3H3. The molecule has 0 amide bonds. The van der Waals surface area contributed by atoms with E-state index in [-0.39, 0.29) is 5.97 Å². The van der Waals surface area contributed by atoms with Crippen LogP contribution in [0.1, 0.15) is 33.6 Å². The molecule has 0 aromatic heterocycles. The average molecular weight is 143 g/mol. The third kappa shape index (κ3) is 5.60. The summed E-state index contributed by atoms with van der Waals surface area (Å²) < 4.78 is 4.74. The SMILES string of the molecule is CCC(=O)O[CH]CC(C)C. The van der Waals surface area contributed by atoms with Crippen LogP contribution < -0.4 is 0 Å². The van der Waals surface area contributed by atoms with E-state index in [0.29, 0.717) is 12.3 Å². The molecular formula is C8H15O2. The van der Waals surface area contributed by atoms with Gasteiger partial charge in [0.1, 0.15) is 6.61 Å². The highest BCUT2D eigenvalue weighted by atomic mass is 16.5. The van der Waals surface area contributed by atoms with E-state index < -0.39 is 0 Å². The van der Waals surface area contributed by atoms with Gasteiger partial charge >= 0.3 is 5.97 Å². The van der Waals surface area contributed by atoms with Gasteiger partial charge in [-0.1, -0.05) is 20.8 Å². The molecule has 0 rings (SSSR count). The first-order valence-electron chi connectivity index (χ1n) is 3.68. The Hall–Kier alpha value is -0.530. The molecule has 0 atom stereocenters. The van der Waals surface area contributed by atoms with Crippen LogP contribution in [0.4, 0.5) is 0 Å². The smallest absolute Gasteiger partial charge is 0.305 e. The molecule has 0 bridgehead atoms. The Morgan fingerprint density at radius 1 is 1.60 bits per heavy atom. The van der Waals surface area contributed by atoms with Gasteiger partial charge in [0.05, 0.1) is 0 Å². The van der Waals surface area contributed by atoms with Crippen molar-refractivity contribution in [3.8, 4) is 0 Å². The van der Waals surface area contributed by atoms with E-state index in [9.17, 15) is 4.79 Å². The largest absolute Gasteiger partial charge is 0.458 e. The lowest BCUT2D eigenvalue weighted by molar-refractivity contribution is -0.140. The Labute approximate surface area is 62.6 Å². The average Bonchev–Trinajstić information content (AvgIpc) is 1.87. The Kier molecular flexibility index (Phi) is 4.99. The highest BCUT2D eigenvalue weighted by Crippen LogP contribution is 2.03. The molecule has 0 aliphatic rings. The number of ether oxygens (including phenoxy) is 1. The van der Waals surface area contributed by atoms with E-state index in [2.05, 4.69) is 13.8 Å². The van der Waals surface area contributed by atoms with Crippen LogP contribution in [0.2, 0.25) is 0 Å². The molecule has 2 nitrogen and oxygen atoms in total. The lowest BCUT2D eigenvalue weighted by atomic mass is 10.1. The van der Waals surface area contributed by atoms with Crippen molar-refractivity contribution in [2.24, 2.45) is 5.92 Å². The van der Waals surface area contributed by atoms with Crippen molar-refractivity contribution in [2.45, 2.75) is 33.6 Å². The summed E-state index contributed by atoms with van der Waals surface area (Å²) in [6.45, 7) is 7.52. The van der Waals surface area contributed by atoms with Gasteiger partial charge in [0.2, 0.25) is 0 Å². The van der Waals surface area contributed by atoms with E-state index in [1.807, 2.05) is 0 Å². The van der Waals surface area contributed by atoms with Gasteiger partial charge in [-0.15, -0.1) is 0 Å². The molecule has 0 heterocycles. The van der Waals surface area contributed by atoms with E-state index in [4.69, 9.17) is 4.74 Å². The number of hydrogen-bond acceptors (Lipinski definition) is 2. The topological polar surface area (TPSA) is 26.3 Å². The first-order valence-corrected chi connectivity index (χ1v) is 3.68. The summed E-state index contributed by atoms with van der Waals surface area (Å²) in [6, 6.07) is 0. The number of hydrogen-bond donors (Lipinski definition) is 0. The molecule has 2 heteroatoms. The normalized spacial score (nSPS) is 10.0. The maximum atomic E-state index is 10.5. The zero-order chi connectivity index (χ0) is 7.98. The molecule has 59 valence electrons. The van der Waals surface area contributed by atoms with Crippen molar-refractivity contribution in [3.05, 3.63) is 6.61 Å². The molecule has 0 aromatic rings. The van der Waals surface area contributed by atoms with Gasteiger partial charge in [-0.2, -0.15) is 0 Å². The van der Waals surface area contributed by atoms with Crippen LogP contribution in [0.25, 0.3) is 0 Å². The van der Waals surface area contributed by atoms with Crippen LogP contribution in [-0.4, -0.2) is 5.97 Å². The fourth-order valence-corrected chi connectivity index (χ4v) is 0.417. The molecule has 0 aromatic carbocycles. The molecule has 0 saturated carbocycles. The van der Waals surface area contributed by atoms with Crippen molar-refractivity contribution >= 4 is 5.97 Å². The van der Waals surface area contributed by atoms with E-state index in [1.54, 1.807) is 13.5 Å². The molecule has 1 radical (unpaired) electrons. The second kappa shape index (κ2) is 5.27. The highest BCUT2D eigenvalue weighted by Gasteiger charge is 1.99. The third-order valence-electron chi connectivity index (χ3n) is 1.07. The molecule has 0 aliphatic heterocycles. The second-order valence-electron chi connectivity index (χ2n) is 2.64. The molecule has 0 N–H and O–H groups in total. The summed E-state index contributed by atoms with van der Waals surface area (Å²) in [5, 5.41) is 0. The minimum absolute atomic E-state index is 0.152. The summed E-state index contributed by atoms with van der Waals surface area (Å²) in [5.74, 6) is 0.408. The van der Waals surface area contributed by atoms with Crippen LogP contribution in [0.5, 0.6) is 0 Å². The lowest BCUT2D eigenvalue weighted by Crippen LogP contribution is -2.01. The fourth-order valence-electron chi connectivity index (χ4n) is 0.417. The van der Waals surface area contributed by atoms with Crippen LogP contribution in [-0.2, 0) is 9.53 Å². The molecule has 10 heavy (non-hydrogen) atoms. The molecule has 0 fully saturated rings. The van der Waals surface area contributed by atoms with Crippen molar-refractivity contribution in [2.75, 3.05) is 0 Å². The summed E-state index contributed by atoms with van der Waals surface area (Å²) >= 11 is 0. The van der Waals surface area contributed by atoms with Gasteiger partial charge in [0.25, 0.3) is 0 Å². The quantitative estimate of drug-likeness (QED) is 0.563. The Balaban J connectivity index is 3.12. The van der Waals surface area contributed by atoms with Crippen LogP contribution in [0, 0.1) is 12.5 Å². The molecule has 0 unspecified atom stereocenters. The van der Waals surface area contributed by atoms with E-state index in [0.717, 1.165) is 6.42 Å². The van der Waals surface area contributed by atoms with Crippen LogP contribution in [0.15, 0.2) is 0 Å². The van der Waals surface area contributed by atoms with Crippen molar-refractivity contribution in [1.29, 1.82) is 0 Å². The predicted octanol–water partition coefficient (Wildman–Crippen LogP) is 2.15. The van der Waals surface area contributed by atoms with Crippen molar-refractivity contribution in [3.63, 3.8) is 0 Å². The predicted molar refractivity (Wildman–Crippen MR) is 40.1 cm³/mol. The first kappa shape index (κ1) is 9.47. The van der Waals surface area contributed by atoms with Gasteiger partial charge in [-0.25, -0.2) is 0 Å². The minimum Gasteiger partial charge on any atom is -0.458 e. The third-order valence-corrected chi connectivity index (χ3v) is 1.07. The lowest BCUT2D eigenvalue weighted by Gasteiger charge is -2.03. The summed E-state index contributed by atoms with van der Waals surface area (Å²) in [4.78, 5) is 10.5. The van der Waals surface area contributed by atoms with Crippen molar-refractivity contribution < 1.29 is 9.53 Å². The zero-order valence-corrected chi connectivity index (χ0v) is 6.89. The first-order chi connectivity index (χ1) is 4.66. The van der Waals surface area contributed by atoms with Gasteiger partial charge in [0.15, 0.2) is 0 Å². The number of carbonyl (C=O) groups excluding carboxylic acids is 1. The minimum atomic E-state index is -0.152.